The van der Waals surface area contributed by atoms with Gasteiger partial charge in [0.05, 0.1) is 6.04 Å². The number of hydrogen-bond donors (Lipinski definition) is 1. The number of carbonyl (C=O) groups is 1. The van der Waals surface area contributed by atoms with Crippen LogP contribution in [0.4, 0.5) is 0 Å². The summed E-state index contributed by atoms with van der Waals surface area (Å²) in [6.45, 7) is 2.83. The van der Waals surface area contributed by atoms with Gasteiger partial charge in [0.15, 0.2) is 0 Å². The molecular weight excluding hydrogens is 224 g/mol. The Bertz CT molecular complexity index is 489. The Labute approximate surface area is 107 Å². The first-order valence-electron chi connectivity index (χ1n) is 6.90. The molecule has 1 saturated carbocycles. The molecule has 1 aromatic rings. The van der Waals surface area contributed by atoms with E-state index < -0.39 is 0 Å². The summed E-state index contributed by atoms with van der Waals surface area (Å²) in [4.78, 5) is 14.5. The second kappa shape index (κ2) is 3.82. The highest BCUT2D eigenvalue weighted by Gasteiger charge is 2.47. The van der Waals surface area contributed by atoms with Crippen molar-refractivity contribution in [3.05, 3.63) is 35.4 Å². The lowest BCUT2D eigenvalue weighted by Crippen LogP contribution is -2.49. The van der Waals surface area contributed by atoms with Gasteiger partial charge in [-0.3, -0.25) is 4.79 Å². The number of benzene rings is 1. The van der Waals surface area contributed by atoms with E-state index in [1.54, 1.807) is 0 Å². The summed E-state index contributed by atoms with van der Waals surface area (Å²) in [5, 5.41) is 3.39. The topological polar surface area (TPSA) is 32.3 Å². The van der Waals surface area contributed by atoms with Gasteiger partial charge in [-0.2, -0.15) is 0 Å². The van der Waals surface area contributed by atoms with Gasteiger partial charge in [-0.15, -0.1) is 0 Å². The van der Waals surface area contributed by atoms with Crippen LogP contribution >= 0.6 is 0 Å². The number of likely N-dealkylation sites (tertiary alicyclic amines) is 1. The first-order valence-corrected chi connectivity index (χ1v) is 6.90. The van der Waals surface area contributed by atoms with E-state index in [0.29, 0.717) is 5.91 Å². The highest BCUT2D eigenvalue weighted by atomic mass is 16.2. The van der Waals surface area contributed by atoms with Crippen LogP contribution in [-0.2, 0) is 17.8 Å². The van der Waals surface area contributed by atoms with Crippen molar-refractivity contribution in [3.8, 4) is 0 Å². The zero-order chi connectivity index (χ0) is 12.1. The minimum Gasteiger partial charge on any atom is -0.341 e. The first-order chi connectivity index (χ1) is 8.81. The van der Waals surface area contributed by atoms with Crippen LogP contribution in [0.1, 0.15) is 17.5 Å². The summed E-state index contributed by atoms with van der Waals surface area (Å²) in [6.07, 6.45) is 2.20. The molecule has 3 aliphatic rings. The number of nitrogens with zero attached hydrogens (tertiary/aromatic N) is 1. The van der Waals surface area contributed by atoms with Gasteiger partial charge in [0.25, 0.3) is 0 Å². The summed E-state index contributed by atoms with van der Waals surface area (Å²) in [6, 6.07) is 8.43. The Morgan fingerprint density at radius 2 is 1.89 bits per heavy atom. The lowest BCUT2D eigenvalue weighted by Gasteiger charge is -2.29. The van der Waals surface area contributed by atoms with E-state index in [4.69, 9.17) is 0 Å². The fourth-order valence-electron chi connectivity index (χ4n) is 3.43. The normalized spacial score (nSPS) is 32.9. The molecule has 2 unspecified atom stereocenters. The van der Waals surface area contributed by atoms with E-state index in [0.717, 1.165) is 37.9 Å². The predicted octanol–water partition coefficient (Wildman–Crippen LogP) is 1.18. The Balaban J connectivity index is 1.48. The Morgan fingerprint density at radius 1 is 1.17 bits per heavy atom. The molecule has 4 rings (SSSR count). The Kier molecular flexibility index (Phi) is 2.24. The van der Waals surface area contributed by atoms with Crippen LogP contribution in [0.25, 0.3) is 0 Å². The number of nitrogens with one attached hydrogen (secondary N) is 1. The molecule has 2 fully saturated rings. The molecule has 0 bridgehead atoms. The van der Waals surface area contributed by atoms with Gasteiger partial charge in [-0.25, -0.2) is 0 Å². The number of fused-ring (bicyclic) bond motifs is 2. The van der Waals surface area contributed by atoms with Crippen molar-refractivity contribution in [2.75, 3.05) is 13.1 Å². The van der Waals surface area contributed by atoms with Crippen LogP contribution in [0.5, 0.6) is 0 Å². The van der Waals surface area contributed by atoms with E-state index in [1.807, 2.05) is 0 Å². The van der Waals surface area contributed by atoms with Crippen LogP contribution in [0.3, 0.4) is 0 Å². The summed E-state index contributed by atoms with van der Waals surface area (Å²) in [7, 11) is 0. The molecule has 18 heavy (non-hydrogen) atoms. The molecule has 1 N–H and O–H groups in total. The van der Waals surface area contributed by atoms with Gasteiger partial charge in [-0.1, -0.05) is 24.3 Å². The van der Waals surface area contributed by atoms with E-state index in [-0.39, 0.29) is 6.04 Å². The van der Waals surface area contributed by atoms with Crippen molar-refractivity contribution in [2.45, 2.75) is 25.4 Å². The quantitative estimate of drug-likeness (QED) is 0.802. The van der Waals surface area contributed by atoms with E-state index in [9.17, 15) is 4.79 Å². The smallest absolute Gasteiger partial charge is 0.240 e. The summed E-state index contributed by atoms with van der Waals surface area (Å²) in [5.41, 5.74) is 2.67. The van der Waals surface area contributed by atoms with Crippen LogP contribution in [0.15, 0.2) is 24.3 Å². The average Bonchev–Trinajstić information content (AvgIpc) is 3.04. The monoisotopic (exact) mass is 242 g/mol. The second-order valence-electron chi connectivity index (χ2n) is 5.91. The number of carbonyl (C=O) groups excluding carboxylic acids is 1. The standard InChI is InChI=1S/C15H18N2O/c18-15(17-8-12-5-13(12)9-17)14-6-10-3-1-2-4-11(10)7-16-14/h1-4,12-14,16H,5-9H2/t12?,13?,14-/m0/s1. The van der Waals surface area contributed by atoms with Gasteiger partial charge >= 0.3 is 0 Å². The first kappa shape index (κ1) is 10.6. The number of piperidine rings is 1. The van der Waals surface area contributed by atoms with E-state index >= 15 is 0 Å². The largest absolute Gasteiger partial charge is 0.341 e. The average molecular weight is 242 g/mol. The fourth-order valence-corrected chi connectivity index (χ4v) is 3.43. The van der Waals surface area contributed by atoms with Gasteiger partial charge in [0, 0.05) is 19.6 Å². The van der Waals surface area contributed by atoms with Gasteiger partial charge < -0.3 is 10.2 Å². The highest BCUT2D eigenvalue weighted by molar-refractivity contribution is 5.83. The molecule has 1 aromatic carbocycles. The second-order valence-corrected chi connectivity index (χ2v) is 5.91. The summed E-state index contributed by atoms with van der Waals surface area (Å²) >= 11 is 0. The number of rotatable bonds is 1. The van der Waals surface area contributed by atoms with E-state index in [2.05, 4.69) is 34.5 Å². The minimum absolute atomic E-state index is 0.00241. The van der Waals surface area contributed by atoms with Crippen molar-refractivity contribution >= 4 is 5.91 Å². The molecule has 0 radical (unpaired) electrons. The summed E-state index contributed by atoms with van der Waals surface area (Å²) in [5.74, 6) is 1.96. The minimum atomic E-state index is -0.00241. The van der Waals surface area contributed by atoms with Crippen molar-refractivity contribution in [2.24, 2.45) is 11.8 Å². The third-order valence-electron chi connectivity index (χ3n) is 4.67. The molecule has 2 heterocycles. The molecule has 3 atom stereocenters. The van der Waals surface area contributed by atoms with Gasteiger partial charge in [0.2, 0.25) is 5.91 Å². The molecule has 2 aliphatic heterocycles. The maximum Gasteiger partial charge on any atom is 0.240 e. The van der Waals surface area contributed by atoms with Gasteiger partial charge in [-0.05, 0) is 35.8 Å². The predicted molar refractivity (Wildman–Crippen MR) is 69.0 cm³/mol. The van der Waals surface area contributed by atoms with Crippen molar-refractivity contribution in [1.29, 1.82) is 0 Å². The molecular formula is C15H18N2O. The number of hydrogen-bond acceptors (Lipinski definition) is 2. The maximum atomic E-state index is 12.4. The molecule has 1 aliphatic carbocycles. The third kappa shape index (κ3) is 1.65. The Hall–Kier alpha value is -1.35. The molecule has 1 saturated heterocycles. The fraction of sp³-hybridized carbons (Fsp3) is 0.533. The molecule has 3 nitrogen and oxygen atoms in total. The van der Waals surface area contributed by atoms with Crippen LogP contribution in [-0.4, -0.2) is 29.9 Å². The van der Waals surface area contributed by atoms with Crippen LogP contribution in [0.2, 0.25) is 0 Å². The third-order valence-corrected chi connectivity index (χ3v) is 4.67. The molecule has 3 heteroatoms. The van der Waals surface area contributed by atoms with Crippen molar-refractivity contribution < 1.29 is 4.79 Å². The molecule has 0 spiro atoms. The van der Waals surface area contributed by atoms with Gasteiger partial charge in [0.1, 0.15) is 0 Å². The molecule has 94 valence electrons. The van der Waals surface area contributed by atoms with Crippen LogP contribution < -0.4 is 5.32 Å². The SMILES string of the molecule is O=C([C@@H]1Cc2ccccc2CN1)N1CC2CC2C1. The molecule has 0 aromatic heterocycles. The lowest BCUT2D eigenvalue weighted by molar-refractivity contribution is -0.133. The molecule has 1 amide bonds. The highest BCUT2D eigenvalue weighted by Crippen LogP contribution is 2.45. The van der Waals surface area contributed by atoms with Crippen molar-refractivity contribution in [1.82, 2.24) is 10.2 Å². The summed E-state index contributed by atoms with van der Waals surface area (Å²) < 4.78 is 0. The number of amides is 1. The zero-order valence-corrected chi connectivity index (χ0v) is 10.4. The van der Waals surface area contributed by atoms with E-state index in [1.165, 1.54) is 17.5 Å². The van der Waals surface area contributed by atoms with Crippen molar-refractivity contribution in [3.63, 3.8) is 0 Å². The van der Waals surface area contributed by atoms with Crippen LogP contribution in [0, 0.1) is 11.8 Å². The lowest BCUT2D eigenvalue weighted by atomic mass is 9.95. The maximum absolute atomic E-state index is 12.4. The Morgan fingerprint density at radius 3 is 2.67 bits per heavy atom. The zero-order valence-electron chi connectivity index (χ0n) is 10.4.